The molecule has 0 atom stereocenters. The first-order valence-electron chi connectivity index (χ1n) is 8.17. The van der Waals surface area contributed by atoms with Gasteiger partial charge < -0.3 is 4.74 Å². The Kier molecular flexibility index (Phi) is 4.18. The second-order valence-corrected chi connectivity index (χ2v) is 5.74. The highest BCUT2D eigenvalue weighted by Gasteiger charge is 2.37. The van der Waals surface area contributed by atoms with E-state index in [1.54, 1.807) is 60.8 Å². The number of rotatable bonds is 4. The Morgan fingerprint density at radius 3 is 2.22 bits per heavy atom. The monoisotopic (exact) mass is 358 g/mol. The molecule has 0 unspecified atom stereocenters. The summed E-state index contributed by atoms with van der Waals surface area (Å²) in [4.78, 5) is 30.5. The van der Waals surface area contributed by atoms with Gasteiger partial charge in [-0.05, 0) is 36.4 Å². The topological polar surface area (TPSA) is 84.2 Å². The third-order valence-corrected chi connectivity index (χ3v) is 4.12. The highest BCUT2D eigenvalue weighted by atomic mass is 16.5. The SMILES string of the molecule is COc1cc(N=Nc2ccccn2)ccc1N1C(=O)c2ccccc2C1=O. The van der Waals surface area contributed by atoms with E-state index in [1.165, 1.54) is 7.11 Å². The van der Waals surface area contributed by atoms with Crippen molar-refractivity contribution in [1.29, 1.82) is 0 Å². The van der Waals surface area contributed by atoms with Crippen LogP contribution >= 0.6 is 0 Å². The molecule has 0 radical (unpaired) electrons. The summed E-state index contributed by atoms with van der Waals surface area (Å²) in [7, 11) is 1.47. The number of azo groups is 1. The number of nitrogens with zero attached hydrogens (tertiary/aromatic N) is 4. The fourth-order valence-electron chi connectivity index (χ4n) is 2.84. The minimum absolute atomic E-state index is 0.349. The third-order valence-electron chi connectivity index (χ3n) is 4.12. The first-order chi connectivity index (χ1) is 13.2. The van der Waals surface area contributed by atoms with Crippen molar-refractivity contribution < 1.29 is 14.3 Å². The molecule has 132 valence electrons. The lowest BCUT2D eigenvalue weighted by molar-refractivity contribution is 0.0925. The number of imide groups is 1. The summed E-state index contributed by atoms with van der Waals surface area (Å²) in [5.74, 6) is 0.0661. The number of ether oxygens (including phenoxy) is 1. The Labute approximate surface area is 154 Å². The molecule has 1 aromatic heterocycles. The first-order valence-corrected chi connectivity index (χ1v) is 8.17. The number of fused-ring (bicyclic) bond motifs is 1. The van der Waals surface area contributed by atoms with Crippen LogP contribution in [0.25, 0.3) is 0 Å². The van der Waals surface area contributed by atoms with Crippen LogP contribution in [0, 0.1) is 0 Å². The zero-order chi connectivity index (χ0) is 18.8. The van der Waals surface area contributed by atoms with E-state index in [2.05, 4.69) is 15.2 Å². The van der Waals surface area contributed by atoms with E-state index in [1.807, 2.05) is 6.07 Å². The lowest BCUT2D eigenvalue weighted by Gasteiger charge is -2.17. The van der Waals surface area contributed by atoms with E-state index in [9.17, 15) is 9.59 Å². The molecule has 0 bridgehead atoms. The van der Waals surface area contributed by atoms with Gasteiger partial charge >= 0.3 is 0 Å². The quantitative estimate of drug-likeness (QED) is 0.514. The van der Waals surface area contributed by atoms with E-state index >= 15 is 0 Å². The van der Waals surface area contributed by atoms with Crippen LogP contribution in [-0.2, 0) is 0 Å². The van der Waals surface area contributed by atoms with Crippen LogP contribution in [0.4, 0.5) is 17.2 Å². The second-order valence-electron chi connectivity index (χ2n) is 5.74. The minimum atomic E-state index is -0.378. The van der Waals surface area contributed by atoms with Gasteiger partial charge in [0.05, 0.1) is 29.6 Å². The fourth-order valence-corrected chi connectivity index (χ4v) is 2.84. The number of hydrogen-bond acceptors (Lipinski definition) is 6. The van der Waals surface area contributed by atoms with Crippen LogP contribution in [-0.4, -0.2) is 23.9 Å². The van der Waals surface area contributed by atoms with Crippen LogP contribution in [0.5, 0.6) is 5.75 Å². The van der Waals surface area contributed by atoms with Crippen LogP contribution < -0.4 is 9.64 Å². The van der Waals surface area contributed by atoms with Crippen molar-refractivity contribution in [2.75, 3.05) is 12.0 Å². The van der Waals surface area contributed by atoms with Crippen LogP contribution in [0.15, 0.2) is 77.1 Å². The van der Waals surface area contributed by atoms with Gasteiger partial charge in [-0.2, -0.15) is 0 Å². The average Bonchev–Trinajstić information content (AvgIpc) is 2.98. The maximum atomic E-state index is 12.7. The number of methoxy groups -OCH3 is 1. The molecule has 1 aliphatic heterocycles. The Bertz CT molecular complexity index is 1030. The highest BCUT2D eigenvalue weighted by Crippen LogP contribution is 2.37. The molecule has 0 fully saturated rings. The summed E-state index contributed by atoms with van der Waals surface area (Å²) in [6.07, 6.45) is 1.63. The number of hydrogen-bond donors (Lipinski definition) is 0. The van der Waals surface area contributed by atoms with Gasteiger partial charge in [0.1, 0.15) is 5.75 Å². The molecular formula is C20H14N4O3. The zero-order valence-electron chi connectivity index (χ0n) is 14.4. The van der Waals surface area contributed by atoms with Crippen LogP contribution in [0.2, 0.25) is 0 Å². The van der Waals surface area contributed by atoms with Crippen molar-refractivity contribution >= 4 is 29.0 Å². The number of benzene rings is 2. The largest absolute Gasteiger partial charge is 0.494 e. The predicted molar refractivity (Wildman–Crippen MR) is 99.0 cm³/mol. The summed E-state index contributed by atoms with van der Waals surface area (Å²) in [6, 6.07) is 17.0. The summed E-state index contributed by atoms with van der Waals surface area (Å²) >= 11 is 0. The van der Waals surface area contributed by atoms with Crippen LogP contribution in [0.3, 0.4) is 0 Å². The molecule has 2 aromatic carbocycles. The smallest absolute Gasteiger partial charge is 0.266 e. The molecule has 0 spiro atoms. The van der Waals surface area contributed by atoms with Gasteiger partial charge in [-0.1, -0.05) is 18.2 Å². The van der Waals surface area contributed by atoms with Crippen molar-refractivity contribution in [3.05, 3.63) is 78.0 Å². The Morgan fingerprint density at radius 1 is 0.889 bits per heavy atom. The molecule has 0 N–H and O–H groups in total. The highest BCUT2D eigenvalue weighted by molar-refractivity contribution is 6.34. The Balaban J connectivity index is 1.68. The fraction of sp³-hybridized carbons (Fsp3) is 0.0500. The number of aromatic nitrogens is 1. The molecule has 1 aliphatic rings. The van der Waals surface area contributed by atoms with Crippen molar-refractivity contribution in [2.45, 2.75) is 0 Å². The number of anilines is 1. The zero-order valence-corrected chi connectivity index (χ0v) is 14.4. The first kappa shape index (κ1) is 16.6. The Hall–Kier alpha value is -3.87. The maximum Gasteiger partial charge on any atom is 0.266 e. The van der Waals surface area contributed by atoms with Crippen molar-refractivity contribution in [2.24, 2.45) is 10.2 Å². The molecule has 3 aromatic rings. The molecule has 2 heterocycles. The molecule has 0 saturated carbocycles. The molecule has 7 nitrogen and oxygen atoms in total. The number of carbonyl (C=O) groups excluding carboxylic acids is 2. The second kappa shape index (κ2) is 6.80. The summed E-state index contributed by atoms with van der Waals surface area (Å²) in [5.41, 5.74) is 1.63. The summed E-state index contributed by atoms with van der Waals surface area (Å²) in [5, 5.41) is 8.18. The summed E-state index contributed by atoms with van der Waals surface area (Å²) in [6.45, 7) is 0. The van der Waals surface area contributed by atoms with Gasteiger partial charge in [0, 0.05) is 12.3 Å². The van der Waals surface area contributed by atoms with E-state index in [-0.39, 0.29) is 11.8 Å². The third kappa shape index (κ3) is 2.95. The molecule has 2 amide bonds. The van der Waals surface area contributed by atoms with Gasteiger partial charge in [-0.15, -0.1) is 10.2 Å². The van der Waals surface area contributed by atoms with Gasteiger partial charge in [-0.25, -0.2) is 9.88 Å². The Morgan fingerprint density at radius 2 is 1.59 bits per heavy atom. The van der Waals surface area contributed by atoms with Gasteiger partial charge in [0.2, 0.25) is 0 Å². The number of amides is 2. The maximum absolute atomic E-state index is 12.7. The molecule has 4 rings (SSSR count). The molecule has 7 heteroatoms. The van der Waals surface area contributed by atoms with Gasteiger partial charge in [-0.3, -0.25) is 9.59 Å². The van der Waals surface area contributed by atoms with Gasteiger partial charge in [0.25, 0.3) is 11.8 Å². The van der Waals surface area contributed by atoms with Crippen molar-refractivity contribution in [1.82, 2.24) is 4.98 Å². The number of carbonyl (C=O) groups is 2. The molecular weight excluding hydrogens is 344 g/mol. The minimum Gasteiger partial charge on any atom is -0.494 e. The molecule has 0 saturated heterocycles. The van der Waals surface area contributed by atoms with E-state index in [0.29, 0.717) is 34.1 Å². The lowest BCUT2D eigenvalue weighted by Crippen LogP contribution is -2.29. The van der Waals surface area contributed by atoms with Crippen molar-refractivity contribution in [3.63, 3.8) is 0 Å². The average molecular weight is 358 g/mol. The van der Waals surface area contributed by atoms with Gasteiger partial charge in [0.15, 0.2) is 5.82 Å². The summed E-state index contributed by atoms with van der Waals surface area (Å²) < 4.78 is 5.38. The lowest BCUT2D eigenvalue weighted by atomic mass is 10.1. The standard InChI is InChI=1S/C20H14N4O3/c1-27-17-12-13(22-23-18-8-4-5-11-21-18)9-10-16(17)24-19(25)14-6-2-3-7-15(14)20(24)26/h2-12H,1H3. The van der Waals surface area contributed by atoms with Crippen molar-refractivity contribution in [3.8, 4) is 5.75 Å². The number of pyridine rings is 1. The van der Waals surface area contributed by atoms with E-state index in [4.69, 9.17) is 4.74 Å². The van der Waals surface area contributed by atoms with E-state index in [0.717, 1.165) is 4.90 Å². The predicted octanol–water partition coefficient (Wildman–Crippen LogP) is 4.31. The molecule has 0 aliphatic carbocycles. The van der Waals surface area contributed by atoms with E-state index < -0.39 is 0 Å². The molecule has 27 heavy (non-hydrogen) atoms. The van der Waals surface area contributed by atoms with Crippen LogP contribution in [0.1, 0.15) is 20.7 Å². The normalized spacial score (nSPS) is 13.3.